The molecule has 10 heteroatoms. The van der Waals surface area contributed by atoms with Gasteiger partial charge in [0.15, 0.2) is 4.80 Å². The van der Waals surface area contributed by atoms with Gasteiger partial charge < -0.3 is 14.5 Å². The lowest BCUT2D eigenvalue weighted by atomic mass is 9.95. The molecular formula is C33H25Cl2N3O4S. The number of furan rings is 1. The van der Waals surface area contributed by atoms with Crippen LogP contribution in [0.5, 0.6) is 5.75 Å². The smallest absolute Gasteiger partial charge is 0.271 e. The van der Waals surface area contributed by atoms with E-state index in [1.807, 2.05) is 67.6 Å². The van der Waals surface area contributed by atoms with Gasteiger partial charge in [-0.15, -0.1) is 0 Å². The number of ether oxygens (including phenoxy) is 1. The van der Waals surface area contributed by atoms with Crippen molar-refractivity contribution in [2.24, 2.45) is 4.99 Å². The highest BCUT2D eigenvalue weighted by Crippen LogP contribution is 2.35. The number of carbonyl (C=O) groups is 1. The first-order valence-corrected chi connectivity index (χ1v) is 15.1. The molecule has 2 aromatic heterocycles. The van der Waals surface area contributed by atoms with Crippen molar-refractivity contribution >= 4 is 52.2 Å². The summed E-state index contributed by atoms with van der Waals surface area (Å²) in [5, 5.41) is 3.77. The lowest BCUT2D eigenvalue weighted by Gasteiger charge is -2.25. The fraction of sp³-hybridized carbons (Fsp3) is 0.121. The van der Waals surface area contributed by atoms with Crippen LogP contribution in [0, 0.1) is 0 Å². The number of nitrogens with zero attached hydrogens (tertiary/aromatic N) is 2. The molecule has 1 atom stereocenters. The first-order chi connectivity index (χ1) is 20.8. The Labute approximate surface area is 261 Å². The molecule has 0 fully saturated rings. The number of carbonyl (C=O) groups excluding carboxylic acids is 1. The topological polar surface area (TPSA) is 85.8 Å². The predicted molar refractivity (Wildman–Crippen MR) is 171 cm³/mol. The van der Waals surface area contributed by atoms with E-state index in [1.165, 1.54) is 11.3 Å². The Morgan fingerprint density at radius 1 is 1.05 bits per heavy atom. The highest BCUT2D eigenvalue weighted by atomic mass is 35.5. The molecule has 5 aromatic rings. The number of rotatable bonds is 7. The minimum absolute atomic E-state index is 0.293. The Balaban J connectivity index is 1.45. The second kappa shape index (κ2) is 12.1. The Kier molecular flexibility index (Phi) is 8.08. The maximum Gasteiger partial charge on any atom is 0.271 e. The summed E-state index contributed by atoms with van der Waals surface area (Å²) in [6.45, 7) is 4.22. The van der Waals surface area contributed by atoms with E-state index in [0.717, 1.165) is 5.56 Å². The summed E-state index contributed by atoms with van der Waals surface area (Å²) in [4.78, 5) is 32.9. The Morgan fingerprint density at radius 3 is 2.56 bits per heavy atom. The average Bonchev–Trinajstić information content (AvgIpc) is 3.59. The third-order valence-corrected chi connectivity index (χ3v) is 8.72. The summed E-state index contributed by atoms with van der Waals surface area (Å²) in [6, 6.07) is 24.7. The normalized spacial score (nSPS) is 14.8. The summed E-state index contributed by atoms with van der Waals surface area (Å²) < 4.78 is 13.6. The van der Waals surface area contributed by atoms with Crippen molar-refractivity contribution < 1.29 is 13.9 Å². The summed E-state index contributed by atoms with van der Waals surface area (Å²) in [5.41, 5.74) is 2.65. The molecule has 1 aliphatic heterocycles. The number of hydrogen-bond donors (Lipinski definition) is 1. The molecule has 0 aliphatic carbocycles. The molecule has 1 aliphatic rings. The van der Waals surface area contributed by atoms with E-state index in [2.05, 4.69) is 5.32 Å². The fourth-order valence-corrected chi connectivity index (χ4v) is 6.38. The second-order valence-electron chi connectivity index (χ2n) is 9.71. The molecule has 6 rings (SSSR count). The van der Waals surface area contributed by atoms with E-state index in [1.54, 1.807) is 41.8 Å². The van der Waals surface area contributed by atoms with Crippen molar-refractivity contribution in [3.63, 3.8) is 0 Å². The molecule has 7 nitrogen and oxygen atoms in total. The predicted octanol–water partition coefficient (Wildman–Crippen LogP) is 6.84. The highest BCUT2D eigenvalue weighted by Gasteiger charge is 2.32. The first kappa shape index (κ1) is 28.7. The van der Waals surface area contributed by atoms with Gasteiger partial charge in [0.2, 0.25) is 0 Å². The van der Waals surface area contributed by atoms with Crippen LogP contribution in [0.2, 0.25) is 10.0 Å². The standard InChI is InChI=1S/C33H25Cl2N3O4S/c1-3-41-22-14-12-20(13-15-22)30-28(31(39)37-21-8-5-4-6-9-21)19(2)36-33-38(30)32(40)27(43-33)18-23-16-17-26(42-23)24-10-7-11-25(34)29(24)35/h4-18,30H,3H2,1-2H3,(H,37,39)/b27-18-/t30-/m0/s1. The van der Waals surface area contributed by atoms with Crippen LogP contribution in [-0.2, 0) is 4.79 Å². The van der Waals surface area contributed by atoms with Crippen LogP contribution in [-0.4, -0.2) is 17.1 Å². The van der Waals surface area contributed by atoms with Crippen molar-refractivity contribution in [3.8, 4) is 17.1 Å². The third-order valence-electron chi connectivity index (χ3n) is 6.92. The summed E-state index contributed by atoms with van der Waals surface area (Å²) in [5.74, 6) is 1.35. The van der Waals surface area contributed by atoms with Crippen LogP contribution in [0.1, 0.15) is 31.2 Å². The number of anilines is 1. The van der Waals surface area contributed by atoms with Crippen molar-refractivity contribution in [1.29, 1.82) is 0 Å². The van der Waals surface area contributed by atoms with Crippen molar-refractivity contribution in [2.45, 2.75) is 19.9 Å². The number of benzene rings is 3. The first-order valence-electron chi connectivity index (χ1n) is 13.5. The molecule has 43 heavy (non-hydrogen) atoms. The molecule has 0 radical (unpaired) electrons. The maximum absolute atomic E-state index is 14.0. The van der Waals surface area contributed by atoms with E-state index < -0.39 is 6.04 Å². The third kappa shape index (κ3) is 5.69. The van der Waals surface area contributed by atoms with Gasteiger partial charge in [0.1, 0.15) is 17.3 Å². The molecule has 0 bridgehead atoms. The van der Waals surface area contributed by atoms with Gasteiger partial charge in [-0.2, -0.15) is 0 Å². The van der Waals surface area contributed by atoms with E-state index in [4.69, 9.17) is 37.3 Å². The number of hydrogen-bond acceptors (Lipinski definition) is 6. The zero-order valence-corrected chi connectivity index (χ0v) is 25.5. The Morgan fingerprint density at radius 2 is 1.81 bits per heavy atom. The van der Waals surface area contributed by atoms with Gasteiger partial charge >= 0.3 is 0 Å². The van der Waals surface area contributed by atoms with Gasteiger partial charge in [0.25, 0.3) is 11.5 Å². The largest absolute Gasteiger partial charge is 0.494 e. The van der Waals surface area contributed by atoms with Gasteiger partial charge in [-0.3, -0.25) is 14.2 Å². The number of aromatic nitrogens is 1. The van der Waals surface area contributed by atoms with Gasteiger partial charge in [-0.05, 0) is 67.9 Å². The van der Waals surface area contributed by atoms with Crippen LogP contribution in [0.25, 0.3) is 17.4 Å². The SMILES string of the molecule is CCOc1ccc([C@H]2C(C(=O)Nc3ccccc3)=C(C)N=c3s/c(=C\c4ccc(-c5cccc(Cl)c5Cl)o4)c(=O)n32)cc1. The van der Waals surface area contributed by atoms with Crippen molar-refractivity contribution in [2.75, 3.05) is 11.9 Å². The van der Waals surface area contributed by atoms with Gasteiger partial charge in [-0.1, -0.05) is 70.9 Å². The maximum atomic E-state index is 14.0. The molecule has 0 spiro atoms. The lowest BCUT2D eigenvalue weighted by Crippen LogP contribution is -2.40. The number of allylic oxidation sites excluding steroid dienone is 1. The number of amides is 1. The zero-order chi connectivity index (χ0) is 30.1. The number of para-hydroxylation sites is 1. The quantitative estimate of drug-likeness (QED) is 0.214. The van der Waals surface area contributed by atoms with Crippen LogP contribution in [0.4, 0.5) is 5.69 Å². The molecule has 3 aromatic carbocycles. The van der Waals surface area contributed by atoms with Gasteiger partial charge in [0.05, 0.1) is 38.5 Å². The van der Waals surface area contributed by atoms with Gasteiger partial charge in [-0.25, -0.2) is 4.99 Å². The number of halogens is 2. The molecule has 1 amide bonds. The van der Waals surface area contributed by atoms with Crippen LogP contribution in [0.15, 0.2) is 110 Å². The summed E-state index contributed by atoms with van der Waals surface area (Å²) in [6.07, 6.45) is 1.67. The minimum Gasteiger partial charge on any atom is -0.494 e. The van der Waals surface area contributed by atoms with Crippen LogP contribution < -0.4 is 24.9 Å². The molecule has 0 saturated carbocycles. The molecule has 3 heterocycles. The monoisotopic (exact) mass is 629 g/mol. The van der Waals surface area contributed by atoms with Crippen LogP contribution >= 0.6 is 34.5 Å². The van der Waals surface area contributed by atoms with Gasteiger partial charge in [0, 0.05) is 17.3 Å². The Bertz CT molecular complexity index is 2040. The molecular weight excluding hydrogens is 605 g/mol. The van der Waals surface area contributed by atoms with Crippen LogP contribution in [0.3, 0.4) is 0 Å². The van der Waals surface area contributed by atoms with E-state index in [0.29, 0.717) is 65.8 Å². The summed E-state index contributed by atoms with van der Waals surface area (Å²) >= 11 is 13.8. The van der Waals surface area contributed by atoms with E-state index >= 15 is 0 Å². The Hall–Kier alpha value is -4.37. The number of nitrogens with one attached hydrogen (secondary N) is 1. The van der Waals surface area contributed by atoms with Crippen molar-refractivity contribution in [3.05, 3.63) is 137 Å². The number of fused-ring (bicyclic) bond motifs is 1. The zero-order valence-electron chi connectivity index (χ0n) is 23.1. The number of thiazole rings is 1. The highest BCUT2D eigenvalue weighted by molar-refractivity contribution is 7.07. The minimum atomic E-state index is -0.713. The average molecular weight is 631 g/mol. The molecule has 1 N–H and O–H groups in total. The lowest BCUT2D eigenvalue weighted by molar-refractivity contribution is -0.113. The second-order valence-corrected chi connectivity index (χ2v) is 11.5. The molecule has 0 saturated heterocycles. The summed E-state index contributed by atoms with van der Waals surface area (Å²) in [7, 11) is 0. The van der Waals surface area contributed by atoms with E-state index in [-0.39, 0.29) is 11.5 Å². The molecule has 0 unspecified atom stereocenters. The van der Waals surface area contributed by atoms with Crippen molar-refractivity contribution in [1.82, 2.24) is 4.57 Å². The molecule has 216 valence electrons. The van der Waals surface area contributed by atoms with E-state index in [9.17, 15) is 9.59 Å². The fourth-order valence-electron chi connectivity index (χ4n) is 4.96.